The smallest absolute Gasteiger partial charge is 0.309 e. The molecule has 5 heteroatoms. The first-order valence-electron chi connectivity index (χ1n) is 5.18. The number of unbranched alkanes of at least 4 members (excludes halogenated alkanes) is 1. The molecule has 0 bridgehead atoms. The Bertz CT molecular complexity index is 312. The van der Waals surface area contributed by atoms with Gasteiger partial charge in [0.15, 0.2) is 0 Å². The van der Waals surface area contributed by atoms with Crippen LogP contribution in [-0.2, 0) is 11.2 Å². The van der Waals surface area contributed by atoms with Crippen molar-refractivity contribution < 1.29 is 14.7 Å². The van der Waals surface area contributed by atoms with Crippen LogP contribution in [0, 0.1) is 0 Å². The number of aryl methyl sites for hydroxylation is 1. The van der Waals surface area contributed by atoms with Gasteiger partial charge >= 0.3 is 6.03 Å². The molecule has 0 fully saturated rings. The van der Waals surface area contributed by atoms with Crippen molar-refractivity contribution in [2.24, 2.45) is 11.5 Å². The van der Waals surface area contributed by atoms with E-state index in [1.54, 1.807) is 6.07 Å². The second kappa shape index (κ2) is 12.0. The number of nitrogens with two attached hydrogens (primary N) is 2. The lowest BCUT2D eigenvalue weighted by Gasteiger charge is -2.01. The Morgan fingerprint density at radius 2 is 1.76 bits per heavy atom. The zero-order chi connectivity index (χ0) is 13.7. The Balaban J connectivity index is 0. The highest BCUT2D eigenvalue weighted by atomic mass is 16.3. The molecule has 0 saturated heterocycles. The van der Waals surface area contributed by atoms with Gasteiger partial charge < -0.3 is 21.4 Å². The number of para-hydroxylation sites is 1. The Kier molecular flexibility index (Phi) is 12.3. The number of urea groups is 1. The molecule has 0 spiro atoms. The normalized spacial score (nSPS) is 8.06. The third kappa shape index (κ3) is 11.9. The van der Waals surface area contributed by atoms with Crippen LogP contribution in [0.25, 0.3) is 0 Å². The average Bonchev–Trinajstić information content (AvgIpc) is 2.30. The van der Waals surface area contributed by atoms with Gasteiger partial charge in [-0.2, -0.15) is 0 Å². The fourth-order valence-corrected chi connectivity index (χ4v) is 1.09. The van der Waals surface area contributed by atoms with Crippen LogP contribution < -0.4 is 11.5 Å². The lowest BCUT2D eigenvalue weighted by molar-refractivity contribution is -0.0979. The van der Waals surface area contributed by atoms with E-state index in [-0.39, 0.29) is 0 Å². The van der Waals surface area contributed by atoms with E-state index in [0.717, 1.165) is 18.4 Å². The number of benzene rings is 1. The largest absolute Gasteiger partial charge is 0.508 e. The zero-order valence-corrected chi connectivity index (χ0v) is 10.1. The molecule has 96 valence electrons. The maximum absolute atomic E-state index is 9.34. The predicted molar refractivity (Wildman–Crippen MR) is 67.6 cm³/mol. The predicted octanol–water partition coefficient (Wildman–Crippen LogP) is 1.57. The van der Waals surface area contributed by atoms with Crippen molar-refractivity contribution in [3.8, 4) is 5.75 Å². The van der Waals surface area contributed by atoms with Crippen LogP contribution in [0.15, 0.2) is 24.3 Å². The van der Waals surface area contributed by atoms with Crippen LogP contribution in [-0.4, -0.2) is 17.9 Å². The number of rotatable bonds is 3. The molecular weight excluding hydrogens is 220 g/mol. The molecule has 0 aliphatic heterocycles. The highest BCUT2D eigenvalue weighted by Gasteiger charge is 1.96. The van der Waals surface area contributed by atoms with E-state index in [9.17, 15) is 5.11 Å². The zero-order valence-electron chi connectivity index (χ0n) is 10.1. The number of hydrogen-bond acceptors (Lipinski definition) is 3. The Labute approximate surface area is 101 Å². The lowest BCUT2D eigenvalue weighted by Crippen LogP contribution is -2.18. The second-order valence-corrected chi connectivity index (χ2v) is 3.13. The molecule has 5 nitrogen and oxygen atoms in total. The van der Waals surface area contributed by atoms with Crippen molar-refractivity contribution in [1.82, 2.24) is 0 Å². The summed E-state index contributed by atoms with van der Waals surface area (Å²) in [6, 6.07) is 6.70. The Morgan fingerprint density at radius 3 is 2.18 bits per heavy atom. The van der Waals surface area contributed by atoms with Crippen molar-refractivity contribution >= 4 is 12.8 Å². The maximum Gasteiger partial charge on any atom is 0.309 e. The van der Waals surface area contributed by atoms with E-state index in [2.05, 4.69) is 18.4 Å². The van der Waals surface area contributed by atoms with Gasteiger partial charge in [-0.05, 0) is 24.5 Å². The number of hydrogen-bond donors (Lipinski definition) is 3. The van der Waals surface area contributed by atoms with Gasteiger partial charge in [-0.3, -0.25) is 0 Å². The number of phenols is 1. The minimum Gasteiger partial charge on any atom is -0.508 e. The van der Waals surface area contributed by atoms with Gasteiger partial charge in [-0.15, -0.1) is 0 Å². The summed E-state index contributed by atoms with van der Waals surface area (Å²) in [4.78, 5) is 17.0. The molecule has 0 atom stereocenters. The van der Waals surface area contributed by atoms with Crippen LogP contribution in [0.4, 0.5) is 4.79 Å². The number of primary amides is 2. The van der Waals surface area contributed by atoms with Gasteiger partial charge in [-0.1, -0.05) is 31.5 Å². The molecular formula is C12H20N2O3. The van der Waals surface area contributed by atoms with E-state index < -0.39 is 6.03 Å². The van der Waals surface area contributed by atoms with Crippen LogP contribution in [0.2, 0.25) is 0 Å². The minimum absolute atomic E-state index is 0.431. The van der Waals surface area contributed by atoms with Crippen molar-refractivity contribution in [3.63, 3.8) is 0 Å². The first-order chi connectivity index (χ1) is 8.07. The van der Waals surface area contributed by atoms with E-state index >= 15 is 0 Å². The Hall–Kier alpha value is -2.04. The summed E-state index contributed by atoms with van der Waals surface area (Å²) < 4.78 is 0. The molecule has 0 aliphatic carbocycles. The molecule has 0 aliphatic rings. The Morgan fingerprint density at radius 1 is 1.29 bits per heavy atom. The molecule has 2 amide bonds. The van der Waals surface area contributed by atoms with Crippen LogP contribution >= 0.6 is 0 Å². The summed E-state index contributed by atoms with van der Waals surface area (Å²) in [5, 5.41) is 9.34. The monoisotopic (exact) mass is 240 g/mol. The number of aromatic hydroxyl groups is 1. The van der Waals surface area contributed by atoms with Gasteiger partial charge in [0.2, 0.25) is 0 Å². The maximum atomic E-state index is 9.34. The number of amides is 2. The molecule has 17 heavy (non-hydrogen) atoms. The summed E-state index contributed by atoms with van der Waals surface area (Å²) in [6.45, 7) is 4.15. The molecule has 0 heterocycles. The molecule has 0 radical (unpaired) electrons. The van der Waals surface area contributed by atoms with Crippen molar-refractivity contribution in [3.05, 3.63) is 29.8 Å². The van der Waals surface area contributed by atoms with Crippen molar-refractivity contribution in [1.29, 1.82) is 0 Å². The SMILES string of the molecule is C=O.CCCCc1ccccc1O.NC(N)=O. The lowest BCUT2D eigenvalue weighted by atomic mass is 10.1. The number of phenolic OH excluding ortho intramolecular Hbond substituents is 1. The minimum atomic E-state index is -0.833. The van der Waals surface area contributed by atoms with Crippen LogP contribution in [0.3, 0.4) is 0 Å². The molecule has 5 N–H and O–H groups in total. The molecule has 0 aromatic heterocycles. The molecule has 0 saturated carbocycles. The summed E-state index contributed by atoms with van der Waals surface area (Å²) in [6.07, 6.45) is 3.31. The van der Waals surface area contributed by atoms with Crippen molar-refractivity contribution in [2.45, 2.75) is 26.2 Å². The first-order valence-corrected chi connectivity index (χ1v) is 5.18. The standard InChI is InChI=1S/C10H14O.CH4N2O.CH2O/c1-2-3-6-9-7-4-5-8-10(9)11;2-1(3)4;1-2/h4-5,7-8,11H,2-3,6H2,1H3;(H4,2,3,4);1H2. The summed E-state index contributed by atoms with van der Waals surface area (Å²) >= 11 is 0. The van der Waals surface area contributed by atoms with E-state index in [1.165, 1.54) is 6.42 Å². The topological polar surface area (TPSA) is 106 Å². The number of carbonyl (C=O) groups excluding carboxylic acids is 2. The second-order valence-electron chi connectivity index (χ2n) is 3.13. The van der Waals surface area contributed by atoms with E-state index in [0.29, 0.717) is 5.75 Å². The summed E-state index contributed by atoms with van der Waals surface area (Å²) in [7, 11) is 0. The van der Waals surface area contributed by atoms with Crippen molar-refractivity contribution in [2.75, 3.05) is 0 Å². The van der Waals surface area contributed by atoms with Crippen LogP contribution in [0.1, 0.15) is 25.3 Å². The third-order valence-corrected chi connectivity index (χ3v) is 1.79. The first kappa shape index (κ1) is 17.4. The highest BCUT2D eigenvalue weighted by molar-refractivity contribution is 5.69. The summed E-state index contributed by atoms with van der Waals surface area (Å²) in [5.41, 5.74) is 9.56. The van der Waals surface area contributed by atoms with Gasteiger partial charge in [0.1, 0.15) is 12.5 Å². The number of carbonyl (C=O) groups is 2. The van der Waals surface area contributed by atoms with Gasteiger partial charge in [-0.25, -0.2) is 4.79 Å². The fraction of sp³-hybridized carbons (Fsp3) is 0.333. The molecule has 1 aromatic rings. The third-order valence-electron chi connectivity index (χ3n) is 1.79. The van der Waals surface area contributed by atoms with Gasteiger partial charge in [0, 0.05) is 0 Å². The highest BCUT2D eigenvalue weighted by Crippen LogP contribution is 2.17. The van der Waals surface area contributed by atoms with Gasteiger partial charge in [0.25, 0.3) is 0 Å². The molecule has 1 rings (SSSR count). The van der Waals surface area contributed by atoms with E-state index in [1.807, 2.05) is 25.0 Å². The summed E-state index contributed by atoms with van der Waals surface area (Å²) in [5.74, 6) is 0.431. The van der Waals surface area contributed by atoms with E-state index in [4.69, 9.17) is 9.59 Å². The van der Waals surface area contributed by atoms with Crippen LogP contribution in [0.5, 0.6) is 5.75 Å². The molecule has 0 unspecified atom stereocenters. The quantitative estimate of drug-likeness (QED) is 0.746. The fourth-order valence-electron chi connectivity index (χ4n) is 1.09. The average molecular weight is 240 g/mol. The molecule has 1 aromatic carbocycles. The van der Waals surface area contributed by atoms with Gasteiger partial charge in [0.05, 0.1) is 0 Å².